The minimum absolute atomic E-state index is 0.153. The number of ether oxygens (including phenoxy) is 1. The molecule has 1 amide bonds. The zero-order chi connectivity index (χ0) is 19.4. The lowest BCUT2D eigenvalue weighted by molar-refractivity contribution is -0.135. The fraction of sp³-hybridized carbons (Fsp3) is 0.300. The molecule has 0 bridgehead atoms. The van der Waals surface area contributed by atoms with Gasteiger partial charge in [-0.05, 0) is 35.2 Å². The smallest absolute Gasteiger partial charge is 0.338 e. The summed E-state index contributed by atoms with van der Waals surface area (Å²) in [6, 6.07) is 14.2. The summed E-state index contributed by atoms with van der Waals surface area (Å²) in [4.78, 5) is 26.2. The van der Waals surface area contributed by atoms with E-state index in [1.807, 2.05) is 18.2 Å². The lowest BCUT2D eigenvalue weighted by Crippen LogP contribution is -2.38. The van der Waals surface area contributed by atoms with Crippen molar-refractivity contribution >= 4 is 21.7 Å². The summed E-state index contributed by atoms with van der Waals surface area (Å²) in [6.07, 6.45) is 1.91. The van der Waals surface area contributed by atoms with Gasteiger partial charge < -0.3 is 9.64 Å². The summed E-state index contributed by atoms with van der Waals surface area (Å²) < 4.78 is 27.9. The van der Waals surface area contributed by atoms with Crippen molar-refractivity contribution in [3.05, 3.63) is 70.8 Å². The van der Waals surface area contributed by atoms with Crippen LogP contribution in [0.15, 0.2) is 48.5 Å². The third-order valence-corrected chi connectivity index (χ3v) is 5.26. The van der Waals surface area contributed by atoms with Crippen LogP contribution < -0.4 is 0 Å². The van der Waals surface area contributed by atoms with Crippen LogP contribution in [0.3, 0.4) is 0 Å². The molecule has 0 radical (unpaired) electrons. The van der Waals surface area contributed by atoms with Crippen molar-refractivity contribution in [2.45, 2.75) is 18.7 Å². The zero-order valence-electron chi connectivity index (χ0n) is 15.1. The van der Waals surface area contributed by atoms with Crippen LogP contribution in [0.2, 0.25) is 0 Å². The number of benzene rings is 2. The Bertz CT molecular complexity index is 968. The lowest BCUT2D eigenvalue weighted by atomic mass is 10.00. The van der Waals surface area contributed by atoms with Crippen LogP contribution in [-0.4, -0.2) is 44.6 Å². The van der Waals surface area contributed by atoms with Gasteiger partial charge in [-0.1, -0.05) is 36.4 Å². The van der Waals surface area contributed by atoms with Crippen molar-refractivity contribution in [2.24, 2.45) is 0 Å². The molecule has 1 aliphatic rings. The van der Waals surface area contributed by atoms with Gasteiger partial charge in [0.2, 0.25) is 0 Å². The molecule has 2 aromatic carbocycles. The van der Waals surface area contributed by atoms with Gasteiger partial charge in [-0.15, -0.1) is 0 Å². The first-order valence-corrected chi connectivity index (χ1v) is 10.7. The molecular weight excluding hydrogens is 366 g/mol. The van der Waals surface area contributed by atoms with E-state index >= 15 is 0 Å². The second-order valence-electron chi connectivity index (χ2n) is 6.68. The van der Waals surface area contributed by atoms with Crippen LogP contribution in [0.25, 0.3) is 0 Å². The Hall–Kier alpha value is -2.67. The quantitative estimate of drug-likeness (QED) is 0.733. The summed E-state index contributed by atoms with van der Waals surface area (Å²) in [6.45, 7) is 0.769. The molecule has 2 aromatic rings. The molecule has 27 heavy (non-hydrogen) atoms. The van der Waals surface area contributed by atoms with Crippen molar-refractivity contribution in [1.29, 1.82) is 0 Å². The highest BCUT2D eigenvalue weighted by atomic mass is 32.2. The third-order valence-electron chi connectivity index (χ3n) is 4.40. The van der Waals surface area contributed by atoms with Crippen LogP contribution in [-0.2, 0) is 38.1 Å². The monoisotopic (exact) mass is 387 g/mol. The maximum Gasteiger partial charge on any atom is 0.338 e. The third kappa shape index (κ3) is 5.17. The van der Waals surface area contributed by atoms with Crippen molar-refractivity contribution in [1.82, 2.24) is 4.90 Å². The number of fused-ring (bicyclic) bond motifs is 1. The molecule has 1 aliphatic heterocycles. The van der Waals surface area contributed by atoms with E-state index in [1.165, 1.54) is 17.7 Å². The minimum Gasteiger partial charge on any atom is -0.452 e. The highest BCUT2D eigenvalue weighted by Crippen LogP contribution is 2.18. The molecule has 0 N–H and O–H groups in total. The molecule has 7 heteroatoms. The molecular formula is C20H21NO5S. The average molecular weight is 387 g/mol. The maximum atomic E-state index is 12.4. The standard InChI is InChI=1S/C20H21NO5S/c1-27(24,25)14-15-5-4-8-17(11-15)20(23)26-13-19(22)21-10-9-16-6-2-3-7-18(16)12-21/h2-8,11H,9-10,12-14H2,1H3. The number of amides is 1. The molecule has 0 unspecified atom stereocenters. The van der Waals surface area contributed by atoms with E-state index in [0.717, 1.165) is 18.2 Å². The van der Waals surface area contributed by atoms with Gasteiger partial charge in [0.05, 0.1) is 11.3 Å². The molecule has 0 spiro atoms. The van der Waals surface area contributed by atoms with Crippen LogP contribution in [0.1, 0.15) is 27.0 Å². The first-order valence-electron chi connectivity index (χ1n) is 8.60. The van der Waals surface area contributed by atoms with Gasteiger partial charge in [-0.2, -0.15) is 0 Å². The van der Waals surface area contributed by atoms with E-state index in [4.69, 9.17) is 4.74 Å². The molecule has 142 valence electrons. The Morgan fingerprint density at radius 2 is 1.81 bits per heavy atom. The van der Waals surface area contributed by atoms with E-state index in [-0.39, 0.29) is 23.8 Å². The summed E-state index contributed by atoms with van der Waals surface area (Å²) in [5.41, 5.74) is 3.08. The number of carbonyl (C=O) groups is 2. The van der Waals surface area contributed by atoms with E-state index in [2.05, 4.69) is 6.07 Å². The number of carbonyl (C=O) groups excluding carboxylic acids is 2. The van der Waals surface area contributed by atoms with E-state index < -0.39 is 15.8 Å². The van der Waals surface area contributed by atoms with E-state index in [9.17, 15) is 18.0 Å². The number of esters is 1. The van der Waals surface area contributed by atoms with E-state index in [1.54, 1.807) is 17.0 Å². The van der Waals surface area contributed by atoms with Gasteiger partial charge in [0.15, 0.2) is 16.4 Å². The zero-order valence-corrected chi connectivity index (χ0v) is 15.9. The predicted octanol–water partition coefficient (Wildman–Crippen LogP) is 1.97. The van der Waals surface area contributed by atoms with Crippen molar-refractivity contribution in [3.8, 4) is 0 Å². The van der Waals surface area contributed by atoms with Gasteiger partial charge in [-0.3, -0.25) is 4.79 Å². The highest BCUT2D eigenvalue weighted by Gasteiger charge is 2.21. The van der Waals surface area contributed by atoms with Gasteiger partial charge in [0, 0.05) is 19.3 Å². The minimum atomic E-state index is -3.20. The van der Waals surface area contributed by atoms with E-state index in [0.29, 0.717) is 18.7 Å². The second-order valence-corrected chi connectivity index (χ2v) is 8.82. The molecule has 0 aliphatic carbocycles. The van der Waals surface area contributed by atoms with Gasteiger partial charge in [0.1, 0.15) is 0 Å². The largest absolute Gasteiger partial charge is 0.452 e. The Morgan fingerprint density at radius 1 is 1.07 bits per heavy atom. The summed E-state index contributed by atoms with van der Waals surface area (Å²) in [7, 11) is -3.20. The van der Waals surface area contributed by atoms with Crippen molar-refractivity contribution < 1.29 is 22.7 Å². The Balaban J connectivity index is 1.58. The SMILES string of the molecule is CS(=O)(=O)Cc1cccc(C(=O)OCC(=O)N2CCc3ccccc3C2)c1. The summed E-state index contributed by atoms with van der Waals surface area (Å²) in [5, 5.41) is 0. The molecule has 0 aromatic heterocycles. The maximum absolute atomic E-state index is 12.4. The number of sulfone groups is 1. The fourth-order valence-corrected chi connectivity index (χ4v) is 3.89. The normalized spacial score (nSPS) is 13.7. The Labute approximate surface area is 158 Å². The molecule has 0 saturated carbocycles. The molecule has 3 rings (SSSR count). The average Bonchev–Trinajstić information content (AvgIpc) is 2.64. The molecule has 0 saturated heterocycles. The summed E-state index contributed by atoms with van der Waals surface area (Å²) >= 11 is 0. The van der Waals surface area contributed by atoms with Crippen molar-refractivity contribution in [3.63, 3.8) is 0 Å². The molecule has 6 nitrogen and oxygen atoms in total. The Morgan fingerprint density at radius 3 is 2.56 bits per heavy atom. The molecule has 0 fully saturated rings. The molecule has 0 atom stereocenters. The fourth-order valence-electron chi connectivity index (χ4n) is 3.10. The number of hydrogen-bond donors (Lipinski definition) is 0. The predicted molar refractivity (Wildman–Crippen MR) is 101 cm³/mol. The lowest BCUT2D eigenvalue weighted by Gasteiger charge is -2.28. The highest BCUT2D eigenvalue weighted by molar-refractivity contribution is 7.89. The van der Waals surface area contributed by atoms with Crippen LogP contribution >= 0.6 is 0 Å². The van der Waals surface area contributed by atoms with Crippen LogP contribution in [0, 0.1) is 0 Å². The van der Waals surface area contributed by atoms with Crippen molar-refractivity contribution in [2.75, 3.05) is 19.4 Å². The van der Waals surface area contributed by atoms with Gasteiger partial charge in [-0.25, -0.2) is 13.2 Å². The first-order chi connectivity index (χ1) is 12.8. The number of nitrogens with zero attached hydrogens (tertiary/aromatic N) is 1. The molecule has 1 heterocycles. The van der Waals surface area contributed by atoms with Crippen LogP contribution in [0.4, 0.5) is 0 Å². The van der Waals surface area contributed by atoms with Gasteiger partial charge in [0.25, 0.3) is 5.91 Å². The summed E-state index contributed by atoms with van der Waals surface area (Å²) in [5.74, 6) is -1.04. The number of hydrogen-bond acceptors (Lipinski definition) is 5. The second kappa shape index (κ2) is 7.92. The number of rotatable bonds is 5. The van der Waals surface area contributed by atoms with Crippen LogP contribution in [0.5, 0.6) is 0 Å². The Kier molecular flexibility index (Phi) is 5.60. The van der Waals surface area contributed by atoms with Gasteiger partial charge >= 0.3 is 5.97 Å². The topological polar surface area (TPSA) is 80.7 Å². The first kappa shape index (κ1) is 19.1.